The lowest BCUT2D eigenvalue weighted by Crippen LogP contribution is -2.49. The van der Waals surface area contributed by atoms with Crippen LogP contribution in [0.2, 0.25) is 0 Å². The molecule has 0 aromatic heterocycles. The van der Waals surface area contributed by atoms with Crippen LogP contribution < -0.4 is 0 Å². The fraction of sp³-hybridized carbons (Fsp3) is 0.348. The molecule has 1 heterocycles. The van der Waals surface area contributed by atoms with E-state index in [1.54, 1.807) is 29.2 Å². The molecule has 1 saturated heterocycles. The maximum atomic E-state index is 12.6. The van der Waals surface area contributed by atoms with Crippen LogP contribution in [0.15, 0.2) is 53.4 Å². The summed E-state index contributed by atoms with van der Waals surface area (Å²) in [5, 5.41) is 8.89. The maximum Gasteiger partial charge on any atom is 0.339 e. The molecule has 1 fully saturated rings. The molecule has 2 aromatic carbocycles. The molecule has 2 aromatic rings. The average Bonchev–Trinajstić information content (AvgIpc) is 2.75. The lowest BCUT2D eigenvalue weighted by atomic mass is 10.2. The first kappa shape index (κ1) is 21.9. The number of esters is 1. The van der Waals surface area contributed by atoms with E-state index in [4.69, 9.17) is 14.7 Å². The Morgan fingerprint density at radius 3 is 2.47 bits per heavy atom. The smallest absolute Gasteiger partial charge is 0.339 e. The van der Waals surface area contributed by atoms with Gasteiger partial charge in [0, 0.05) is 23.7 Å². The van der Waals surface area contributed by atoms with Gasteiger partial charge in [-0.1, -0.05) is 24.3 Å². The largest absolute Gasteiger partial charge is 0.452 e. The molecule has 156 valence electrons. The third-order valence-corrected chi connectivity index (χ3v) is 5.83. The third-order valence-electron chi connectivity index (χ3n) is 4.68. The zero-order valence-electron chi connectivity index (χ0n) is 17.0. The molecule has 6 nitrogen and oxygen atoms in total. The van der Waals surface area contributed by atoms with Crippen molar-refractivity contribution in [2.75, 3.05) is 19.7 Å². The third kappa shape index (κ3) is 5.85. The maximum absolute atomic E-state index is 12.6. The highest BCUT2D eigenvalue weighted by atomic mass is 32.2. The second kappa shape index (κ2) is 10.3. The van der Waals surface area contributed by atoms with Crippen molar-refractivity contribution in [3.05, 3.63) is 65.2 Å². The van der Waals surface area contributed by atoms with Crippen LogP contribution in [0.25, 0.3) is 0 Å². The van der Waals surface area contributed by atoms with Gasteiger partial charge in [0.2, 0.25) is 0 Å². The van der Waals surface area contributed by atoms with E-state index in [0.717, 1.165) is 10.5 Å². The van der Waals surface area contributed by atoms with Gasteiger partial charge in [0.15, 0.2) is 6.61 Å². The molecule has 3 rings (SSSR count). The summed E-state index contributed by atoms with van der Waals surface area (Å²) in [5.74, 6) is -0.0768. The van der Waals surface area contributed by atoms with Gasteiger partial charge in [-0.2, -0.15) is 5.26 Å². The molecule has 1 aliphatic rings. The zero-order chi connectivity index (χ0) is 21.5. The van der Waals surface area contributed by atoms with Gasteiger partial charge in [-0.15, -0.1) is 11.8 Å². The first-order chi connectivity index (χ1) is 14.5. The zero-order valence-corrected chi connectivity index (χ0v) is 17.9. The van der Waals surface area contributed by atoms with Gasteiger partial charge in [0.25, 0.3) is 5.91 Å². The number of hydrogen-bond acceptors (Lipinski definition) is 6. The molecular formula is C23H24N2O4S. The Morgan fingerprint density at radius 2 is 1.80 bits per heavy atom. The summed E-state index contributed by atoms with van der Waals surface area (Å²) in [7, 11) is 0. The van der Waals surface area contributed by atoms with Crippen molar-refractivity contribution < 1.29 is 19.1 Å². The van der Waals surface area contributed by atoms with Crippen LogP contribution in [0.3, 0.4) is 0 Å². The number of benzene rings is 2. The lowest BCUT2D eigenvalue weighted by molar-refractivity contribution is -0.146. The number of hydrogen-bond donors (Lipinski definition) is 0. The van der Waals surface area contributed by atoms with E-state index in [1.807, 2.05) is 38.1 Å². The standard InChI is InChI=1S/C23H24N2O4S/c1-16-12-25(13-17(2)29-16)22(26)14-28-23(27)20-5-3-4-6-21(20)30-15-19-9-7-18(11-24)8-10-19/h3-10,16-17H,12-15H2,1-2H3. The molecule has 0 radical (unpaired) electrons. The van der Waals surface area contributed by atoms with Crippen LogP contribution in [0.4, 0.5) is 0 Å². The van der Waals surface area contributed by atoms with E-state index in [0.29, 0.717) is 30.0 Å². The molecule has 2 unspecified atom stereocenters. The Balaban J connectivity index is 1.58. The van der Waals surface area contributed by atoms with Gasteiger partial charge in [0.05, 0.1) is 29.4 Å². The number of nitrogens with zero attached hydrogens (tertiary/aromatic N) is 2. The van der Waals surface area contributed by atoms with Crippen molar-refractivity contribution in [2.45, 2.75) is 36.7 Å². The highest BCUT2D eigenvalue weighted by Crippen LogP contribution is 2.27. The molecule has 0 bridgehead atoms. The van der Waals surface area contributed by atoms with E-state index >= 15 is 0 Å². The van der Waals surface area contributed by atoms with Crippen molar-refractivity contribution in [1.29, 1.82) is 5.26 Å². The Bertz CT molecular complexity index is 929. The van der Waals surface area contributed by atoms with Crippen LogP contribution >= 0.6 is 11.8 Å². The summed E-state index contributed by atoms with van der Waals surface area (Å²) in [6, 6.07) is 16.6. The number of ether oxygens (including phenoxy) is 2. The number of carbonyl (C=O) groups excluding carboxylic acids is 2. The van der Waals surface area contributed by atoms with Crippen molar-refractivity contribution in [3.63, 3.8) is 0 Å². The second-order valence-corrected chi connectivity index (χ2v) is 8.24. The van der Waals surface area contributed by atoms with Crippen LogP contribution in [0.1, 0.15) is 35.3 Å². The molecule has 2 atom stereocenters. The lowest BCUT2D eigenvalue weighted by Gasteiger charge is -2.35. The summed E-state index contributed by atoms with van der Waals surface area (Å²) in [6.07, 6.45) is -0.0690. The van der Waals surface area contributed by atoms with Crippen LogP contribution in [-0.4, -0.2) is 48.7 Å². The van der Waals surface area contributed by atoms with Gasteiger partial charge in [0.1, 0.15) is 0 Å². The first-order valence-corrected chi connectivity index (χ1v) is 10.8. The van der Waals surface area contributed by atoms with Gasteiger partial charge in [-0.3, -0.25) is 4.79 Å². The van der Waals surface area contributed by atoms with Crippen LogP contribution in [0, 0.1) is 11.3 Å². The highest BCUT2D eigenvalue weighted by Gasteiger charge is 2.26. The van der Waals surface area contributed by atoms with Crippen LogP contribution in [0.5, 0.6) is 0 Å². The Hall–Kier alpha value is -2.82. The highest BCUT2D eigenvalue weighted by molar-refractivity contribution is 7.98. The molecule has 0 aliphatic carbocycles. The minimum absolute atomic E-state index is 0.0345. The van der Waals surface area contributed by atoms with Gasteiger partial charge < -0.3 is 14.4 Å². The number of thioether (sulfide) groups is 1. The summed E-state index contributed by atoms with van der Waals surface area (Å²) in [6.45, 7) is 4.55. The molecule has 0 saturated carbocycles. The van der Waals surface area contributed by atoms with Crippen molar-refractivity contribution in [3.8, 4) is 6.07 Å². The summed E-state index contributed by atoms with van der Waals surface area (Å²) in [4.78, 5) is 27.5. The molecular weight excluding hydrogens is 400 g/mol. The number of amides is 1. The van der Waals surface area contributed by atoms with E-state index in [1.165, 1.54) is 11.8 Å². The Morgan fingerprint density at radius 1 is 1.13 bits per heavy atom. The minimum Gasteiger partial charge on any atom is -0.452 e. The molecule has 7 heteroatoms. The van der Waals surface area contributed by atoms with Crippen molar-refractivity contribution in [2.24, 2.45) is 0 Å². The van der Waals surface area contributed by atoms with Crippen LogP contribution in [-0.2, 0) is 20.0 Å². The fourth-order valence-electron chi connectivity index (χ4n) is 3.28. The molecule has 0 N–H and O–H groups in total. The summed E-state index contributed by atoms with van der Waals surface area (Å²) < 4.78 is 10.9. The number of carbonyl (C=O) groups is 2. The fourth-order valence-corrected chi connectivity index (χ4v) is 4.27. The number of rotatable bonds is 6. The van der Waals surface area contributed by atoms with Crippen molar-refractivity contribution >= 4 is 23.6 Å². The van der Waals surface area contributed by atoms with E-state index < -0.39 is 5.97 Å². The summed E-state index contributed by atoms with van der Waals surface area (Å²) >= 11 is 1.51. The van der Waals surface area contributed by atoms with Gasteiger partial charge in [-0.25, -0.2) is 4.79 Å². The molecule has 1 aliphatic heterocycles. The van der Waals surface area contributed by atoms with E-state index in [9.17, 15) is 9.59 Å². The SMILES string of the molecule is CC1CN(C(=O)COC(=O)c2ccccc2SCc2ccc(C#N)cc2)CC(C)O1. The quantitative estimate of drug-likeness (QED) is 0.520. The number of nitriles is 1. The average molecular weight is 425 g/mol. The Kier molecular flexibility index (Phi) is 7.50. The first-order valence-electron chi connectivity index (χ1n) is 9.77. The van der Waals surface area contributed by atoms with Gasteiger partial charge in [-0.05, 0) is 43.7 Å². The topological polar surface area (TPSA) is 79.6 Å². The van der Waals surface area contributed by atoms with Gasteiger partial charge >= 0.3 is 5.97 Å². The molecule has 1 amide bonds. The second-order valence-electron chi connectivity index (χ2n) is 7.23. The van der Waals surface area contributed by atoms with E-state index in [-0.39, 0.29) is 24.7 Å². The van der Waals surface area contributed by atoms with Crippen molar-refractivity contribution in [1.82, 2.24) is 4.90 Å². The minimum atomic E-state index is -0.513. The normalized spacial score (nSPS) is 18.5. The predicted molar refractivity (Wildman–Crippen MR) is 114 cm³/mol. The molecule has 0 spiro atoms. The number of morpholine rings is 1. The summed E-state index contributed by atoms with van der Waals surface area (Å²) in [5.41, 5.74) is 2.10. The monoisotopic (exact) mass is 424 g/mol. The molecule has 30 heavy (non-hydrogen) atoms. The Labute approximate surface area is 180 Å². The predicted octanol–water partition coefficient (Wildman–Crippen LogP) is 3.64. The van der Waals surface area contributed by atoms with E-state index in [2.05, 4.69) is 6.07 Å².